The smallest absolute Gasteiger partial charge is 0.252 e. The van der Waals surface area contributed by atoms with Gasteiger partial charge in [0.2, 0.25) is 5.91 Å². The van der Waals surface area contributed by atoms with E-state index in [9.17, 15) is 9.59 Å². The molecule has 0 saturated heterocycles. The molecule has 1 N–H and O–H groups in total. The topological polar surface area (TPSA) is 64.0 Å². The van der Waals surface area contributed by atoms with Gasteiger partial charge in [-0.1, -0.05) is 42.5 Å². The maximum Gasteiger partial charge on any atom is 0.252 e. The van der Waals surface area contributed by atoms with Gasteiger partial charge in [-0.15, -0.1) is 11.8 Å². The number of amides is 1. The molecule has 0 radical (unpaired) electrons. The molecule has 4 aromatic rings. The molecule has 2 aromatic carbocycles. The summed E-state index contributed by atoms with van der Waals surface area (Å²) in [5, 5.41) is 6.36. The Labute approximate surface area is 195 Å². The van der Waals surface area contributed by atoms with Crippen LogP contribution in [0.5, 0.6) is 0 Å². The number of thioether (sulfide) groups is 1. The Balaban J connectivity index is 1.39. The molecule has 0 spiro atoms. The zero-order chi connectivity index (χ0) is 22.4. The number of nitrogens with zero attached hydrogens (tertiary/aromatic N) is 2. The normalized spacial score (nSPS) is 17.2. The molecule has 1 aliphatic carbocycles. The molecular formula is C27H23N3O2S. The van der Waals surface area contributed by atoms with E-state index in [0.717, 1.165) is 29.9 Å². The van der Waals surface area contributed by atoms with E-state index in [1.165, 1.54) is 21.9 Å². The number of aromatic nitrogens is 2. The summed E-state index contributed by atoms with van der Waals surface area (Å²) in [5.74, 6) is 0.897. The highest BCUT2D eigenvalue weighted by Crippen LogP contribution is 2.48. The van der Waals surface area contributed by atoms with E-state index in [4.69, 9.17) is 0 Å². The van der Waals surface area contributed by atoms with Gasteiger partial charge in [-0.25, -0.2) is 0 Å². The van der Waals surface area contributed by atoms with Crippen LogP contribution in [0.4, 0.5) is 5.69 Å². The van der Waals surface area contributed by atoms with Crippen molar-refractivity contribution in [3.05, 3.63) is 100 Å². The van der Waals surface area contributed by atoms with Crippen molar-refractivity contribution >= 4 is 34.1 Å². The minimum atomic E-state index is -0.505. The molecule has 164 valence electrons. The monoisotopic (exact) mass is 453 g/mol. The predicted octanol–water partition coefficient (Wildman–Crippen LogP) is 5.15. The van der Waals surface area contributed by atoms with Crippen LogP contribution in [0.15, 0.2) is 82.9 Å². The largest absolute Gasteiger partial charge is 0.324 e. The molecule has 33 heavy (non-hydrogen) atoms. The standard InChI is InChI=1S/C27H23N3O2S/c31-24-15-20(14-19-6-3-5-17-4-1-2-7-22(17)19)25(18-8-9-18)27-30(24)23(16-33-27)26(32)29-21-10-12-28-13-11-21/h1-7,10-13,15,18,23H,8-9,14,16H2,(H,28,29,32)/t23-/m0/s1. The highest BCUT2D eigenvalue weighted by atomic mass is 32.2. The van der Waals surface area contributed by atoms with Gasteiger partial charge in [0.05, 0.1) is 5.03 Å². The molecule has 1 amide bonds. The number of nitrogens with one attached hydrogen (secondary N) is 1. The first-order valence-corrected chi connectivity index (χ1v) is 12.3. The van der Waals surface area contributed by atoms with Crippen LogP contribution in [-0.4, -0.2) is 21.2 Å². The van der Waals surface area contributed by atoms with Gasteiger partial charge in [0.15, 0.2) is 0 Å². The molecule has 3 heterocycles. The van der Waals surface area contributed by atoms with E-state index in [-0.39, 0.29) is 11.5 Å². The average Bonchev–Trinajstić information content (AvgIpc) is 3.57. The van der Waals surface area contributed by atoms with Crippen molar-refractivity contribution in [2.75, 3.05) is 11.1 Å². The fourth-order valence-corrected chi connectivity index (χ4v) is 6.22. The van der Waals surface area contributed by atoms with Crippen molar-refractivity contribution in [3.63, 3.8) is 0 Å². The highest BCUT2D eigenvalue weighted by Gasteiger charge is 2.37. The second-order valence-corrected chi connectivity index (χ2v) is 9.75. The third-order valence-electron chi connectivity index (χ3n) is 6.52. The van der Waals surface area contributed by atoms with Crippen LogP contribution >= 0.6 is 11.8 Å². The summed E-state index contributed by atoms with van der Waals surface area (Å²) < 4.78 is 1.72. The molecule has 2 aliphatic rings. The number of benzene rings is 2. The number of carbonyl (C=O) groups is 1. The van der Waals surface area contributed by atoms with E-state index in [0.29, 0.717) is 17.4 Å². The summed E-state index contributed by atoms with van der Waals surface area (Å²) >= 11 is 1.64. The third-order valence-corrected chi connectivity index (χ3v) is 7.69. The van der Waals surface area contributed by atoms with Gasteiger partial charge in [0, 0.05) is 29.9 Å². The Morgan fingerprint density at radius 2 is 1.82 bits per heavy atom. The number of pyridine rings is 2. The van der Waals surface area contributed by atoms with Crippen molar-refractivity contribution in [1.29, 1.82) is 0 Å². The number of hydrogen-bond acceptors (Lipinski definition) is 4. The first-order chi connectivity index (χ1) is 16.2. The van der Waals surface area contributed by atoms with Gasteiger partial charge in [0.25, 0.3) is 5.56 Å². The minimum Gasteiger partial charge on any atom is -0.324 e. The van der Waals surface area contributed by atoms with E-state index in [1.54, 1.807) is 46.9 Å². The molecule has 0 bridgehead atoms. The van der Waals surface area contributed by atoms with Crippen LogP contribution in [0.2, 0.25) is 0 Å². The zero-order valence-electron chi connectivity index (χ0n) is 18.0. The van der Waals surface area contributed by atoms with Gasteiger partial charge in [-0.2, -0.15) is 0 Å². The summed E-state index contributed by atoms with van der Waals surface area (Å²) in [6.45, 7) is 0. The summed E-state index contributed by atoms with van der Waals surface area (Å²) in [4.78, 5) is 30.3. The first kappa shape index (κ1) is 20.2. The third kappa shape index (κ3) is 3.74. The number of rotatable bonds is 5. The zero-order valence-corrected chi connectivity index (χ0v) is 18.8. The fraction of sp³-hybridized carbons (Fsp3) is 0.222. The van der Waals surface area contributed by atoms with E-state index in [1.807, 2.05) is 0 Å². The maximum absolute atomic E-state index is 13.3. The van der Waals surface area contributed by atoms with Gasteiger partial charge in [0.1, 0.15) is 6.04 Å². The fourth-order valence-electron chi connectivity index (χ4n) is 4.80. The number of hydrogen-bond donors (Lipinski definition) is 1. The van der Waals surface area contributed by atoms with Crippen molar-refractivity contribution in [2.24, 2.45) is 0 Å². The summed E-state index contributed by atoms with van der Waals surface area (Å²) in [6, 6.07) is 19.5. The van der Waals surface area contributed by atoms with E-state index in [2.05, 4.69) is 52.8 Å². The van der Waals surface area contributed by atoms with Gasteiger partial charge >= 0.3 is 0 Å². The Morgan fingerprint density at radius 1 is 1.03 bits per heavy atom. The van der Waals surface area contributed by atoms with E-state index >= 15 is 0 Å². The molecule has 6 rings (SSSR count). The highest BCUT2D eigenvalue weighted by molar-refractivity contribution is 7.99. The van der Waals surface area contributed by atoms with Gasteiger partial charge in [-0.05, 0) is 64.8 Å². The molecule has 1 atom stereocenters. The SMILES string of the molecule is O=C(Nc1ccncc1)[C@@H]1CSc2c(C3CC3)c(Cc3cccc4ccccc34)cc(=O)n21. The van der Waals surface area contributed by atoms with Gasteiger partial charge in [-0.3, -0.25) is 19.1 Å². The van der Waals surface area contributed by atoms with Crippen LogP contribution in [0.1, 0.15) is 41.5 Å². The molecule has 2 aromatic heterocycles. The minimum absolute atomic E-state index is 0.0930. The second-order valence-electron chi connectivity index (χ2n) is 8.74. The Hall–Kier alpha value is -3.38. The number of fused-ring (bicyclic) bond motifs is 2. The molecule has 1 fully saturated rings. The summed E-state index contributed by atoms with van der Waals surface area (Å²) in [7, 11) is 0. The van der Waals surface area contributed by atoms with Gasteiger partial charge < -0.3 is 5.32 Å². The Kier molecular flexibility index (Phi) is 5.03. The maximum atomic E-state index is 13.3. The lowest BCUT2D eigenvalue weighted by Gasteiger charge is -2.18. The van der Waals surface area contributed by atoms with Crippen molar-refractivity contribution < 1.29 is 4.79 Å². The predicted molar refractivity (Wildman–Crippen MR) is 132 cm³/mol. The van der Waals surface area contributed by atoms with Crippen molar-refractivity contribution in [1.82, 2.24) is 9.55 Å². The quantitative estimate of drug-likeness (QED) is 0.454. The van der Waals surface area contributed by atoms with E-state index < -0.39 is 6.04 Å². The Bertz CT molecular complexity index is 1420. The van der Waals surface area contributed by atoms with Crippen LogP contribution < -0.4 is 10.9 Å². The average molecular weight is 454 g/mol. The lowest BCUT2D eigenvalue weighted by molar-refractivity contribution is -0.118. The molecule has 0 unspecified atom stereocenters. The molecule has 1 saturated carbocycles. The summed E-state index contributed by atoms with van der Waals surface area (Å²) in [6.07, 6.45) is 6.29. The molecular weight excluding hydrogens is 430 g/mol. The lowest BCUT2D eigenvalue weighted by Crippen LogP contribution is -2.33. The molecule has 6 heteroatoms. The lowest BCUT2D eigenvalue weighted by atomic mass is 9.95. The molecule has 1 aliphatic heterocycles. The van der Waals surface area contributed by atoms with Crippen LogP contribution in [0, 0.1) is 0 Å². The number of carbonyl (C=O) groups excluding carboxylic acids is 1. The van der Waals surface area contributed by atoms with Crippen LogP contribution in [0.25, 0.3) is 10.8 Å². The number of anilines is 1. The molecule has 5 nitrogen and oxygen atoms in total. The first-order valence-electron chi connectivity index (χ1n) is 11.3. The van der Waals surface area contributed by atoms with Crippen LogP contribution in [0.3, 0.4) is 0 Å². The van der Waals surface area contributed by atoms with Crippen LogP contribution in [-0.2, 0) is 11.2 Å². The second kappa shape index (κ2) is 8.19. The van der Waals surface area contributed by atoms with Crippen molar-refractivity contribution in [3.8, 4) is 0 Å². The summed E-state index contributed by atoms with van der Waals surface area (Å²) in [5.41, 5.74) is 4.20. The Morgan fingerprint density at radius 3 is 2.64 bits per heavy atom. The van der Waals surface area contributed by atoms with Crippen molar-refractivity contribution in [2.45, 2.75) is 36.2 Å².